The quantitative estimate of drug-likeness (QED) is 0.851. The van der Waals surface area contributed by atoms with E-state index in [1.807, 2.05) is 18.5 Å². The average Bonchev–Trinajstić information content (AvgIpc) is 2.85. The Labute approximate surface area is 117 Å². The molecule has 0 radical (unpaired) electrons. The number of rotatable bonds is 4. The molecule has 0 aliphatic carbocycles. The summed E-state index contributed by atoms with van der Waals surface area (Å²) in [6.07, 6.45) is 0.967. The molecule has 0 bridgehead atoms. The second kappa shape index (κ2) is 5.65. The standard InChI is InChI=1S/C11H11BrClNS2/c1-14-9(11-8(13)3-5-16-11)6-10-7(12)2-4-15-10/h2-5,9,14H,6H2,1H3. The van der Waals surface area contributed by atoms with Crippen LogP contribution in [0.1, 0.15) is 15.8 Å². The molecule has 2 rings (SSSR count). The van der Waals surface area contributed by atoms with Crippen molar-refractivity contribution in [2.75, 3.05) is 7.05 Å². The largest absolute Gasteiger partial charge is 0.312 e. The first-order valence-electron chi connectivity index (χ1n) is 4.84. The Balaban J connectivity index is 2.19. The lowest BCUT2D eigenvalue weighted by molar-refractivity contribution is 0.606. The molecule has 0 fully saturated rings. The molecule has 0 aromatic carbocycles. The maximum absolute atomic E-state index is 6.16. The van der Waals surface area contributed by atoms with Crippen molar-refractivity contribution in [2.24, 2.45) is 0 Å². The van der Waals surface area contributed by atoms with Crippen LogP contribution in [0, 0.1) is 0 Å². The Bertz CT molecular complexity index is 466. The molecular weight excluding hydrogens is 326 g/mol. The summed E-state index contributed by atoms with van der Waals surface area (Å²) in [5, 5.41) is 8.31. The van der Waals surface area contributed by atoms with Gasteiger partial charge < -0.3 is 5.32 Å². The number of halogens is 2. The number of thiophene rings is 2. The summed E-state index contributed by atoms with van der Waals surface area (Å²) in [6.45, 7) is 0. The van der Waals surface area contributed by atoms with E-state index in [4.69, 9.17) is 11.6 Å². The van der Waals surface area contributed by atoms with Crippen molar-refractivity contribution in [3.8, 4) is 0 Å². The van der Waals surface area contributed by atoms with Crippen LogP contribution in [0.15, 0.2) is 27.4 Å². The number of hydrogen-bond donors (Lipinski definition) is 1. The molecule has 86 valence electrons. The summed E-state index contributed by atoms with van der Waals surface area (Å²) in [6, 6.07) is 4.33. The second-order valence-corrected chi connectivity index (χ2v) is 6.58. The van der Waals surface area contributed by atoms with Crippen molar-refractivity contribution in [1.29, 1.82) is 0 Å². The molecule has 1 nitrogen and oxygen atoms in total. The molecule has 1 atom stereocenters. The third kappa shape index (κ3) is 2.68. The average molecular weight is 337 g/mol. The summed E-state index contributed by atoms with van der Waals surface area (Å²) in [7, 11) is 1.97. The molecule has 16 heavy (non-hydrogen) atoms. The highest BCUT2D eigenvalue weighted by molar-refractivity contribution is 9.10. The predicted molar refractivity (Wildman–Crippen MR) is 76.9 cm³/mol. The van der Waals surface area contributed by atoms with Gasteiger partial charge in [0, 0.05) is 26.7 Å². The number of hydrogen-bond acceptors (Lipinski definition) is 3. The lowest BCUT2D eigenvalue weighted by atomic mass is 10.1. The third-order valence-corrected chi connectivity index (χ3v) is 5.81. The molecule has 2 heterocycles. The van der Waals surface area contributed by atoms with E-state index in [0.717, 1.165) is 11.4 Å². The minimum absolute atomic E-state index is 0.294. The SMILES string of the molecule is CNC(Cc1sccc1Br)c1sccc1Cl. The molecule has 0 aliphatic rings. The highest BCUT2D eigenvalue weighted by atomic mass is 79.9. The van der Waals surface area contributed by atoms with Crippen molar-refractivity contribution < 1.29 is 0 Å². The van der Waals surface area contributed by atoms with Gasteiger partial charge in [-0.3, -0.25) is 0 Å². The van der Waals surface area contributed by atoms with Gasteiger partial charge >= 0.3 is 0 Å². The van der Waals surface area contributed by atoms with Crippen molar-refractivity contribution in [1.82, 2.24) is 5.32 Å². The summed E-state index contributed by atoms with van der Waals surface area (Å²) in [4.78, 5) is 2.56. The van der Waals surface area contributed by atoms with Gasteiger partial charge in [-0.25, -0.2) is 0 Å². The fourth-order valence-electron chi connectivity index (χ4n) is 1.54. The highest BCUT2D eigenvalue weighted by Gasteiger charge is 2.16. The molecule has 2 aromatic rings. The Morgan fingerprint density at radius 2 is 2.12 bits per heavy atom. The van der Waals surface area contributed by atoms with Crippen LogP contribution < -0.4 is 5.32 Å². The normalized spacial score (nSPS) is 12.9. The van der Waals surface area contributed by atoms with Gasteiger partial charge in [0.25, 0.3) is 0 Å². The minimum atomic E-state index is 0.294. The van der Waals surface area contributed by atoms with E-state index < -0.39 is 0 Å². The molecule has 0 spiro atoms. The molecule has 5 heteroatoms. The van der Waals surface area contributed by atoms with Crippen molar-refractivity contribution >= 4 is 50.2 Å². The van der Waals surface area contributed by atoms with Crippen molar-refractivity contribution in [3.05, 3.63) is 42.1 Å². The van der Waals surface area contributed by atoms with Crippen LogP contribution in [-0.2, 0) is 6.42 Å². The zero-order valence-corrected chi connectivity index (χ0v) is 12.6. The summed E-state index contributed by atoms with van der Waals surface area (Å²) >= 11 is 13.2. The van der Waals surface area contributed by atoms with Gasteiger partial charge in [-0.1, -0.05) is 11.6 Å². The molecule has 0 aliphatic heterocycles. The van der Waals surface area contributed by atoms with E-state index in [1.54, 1.807) is 22.7 Å². The molecule has 0 amide bonds. The molecule has 0 saturated heterocycles. The van der Waals surface area contributed by atoms with Gasteiger partial charge in [-0.2, -0.15) is 0 Å². The molecule has 0 saturated carbocycles. The zero-order chi connectivity index (χ0) is 11.5. The van der Waals surface area contributed by atoms with Gasteiger partial charge in [-0.05, 0) is 45.9 Å². The van der Waals surface area contributed by atoms with Crippen molar-refractivity contribution in [2.45, 2.75) is 12.5 Å². The first kappa shape index (κ1) is 12.6. The predicted octanol–water partition coefficient (Wildman–Crippen LogP) is 4.73. The van der Waals surface area contributed by atoms with E-state index in [2.05, 4.69) is 32.7 Å². The molecule has 1 unspecified atom stereocenters. The van der Waals surface area contributed by atoms with Gasteiger partial charge in [0.15, 0.2) is 0 Å². The van der Waals surface area contributed by atoms with E-state index >= 15 is 0 Å². The van der Waals surface area contributed by atoms with Crippen LogP contribution in [0.2, 0.25) is 5.02 Å². The van der Waals surface area contributed by atoms with Gasteiger partial charge in [0.2, 0.25) is 0 Å². The van der Waals surface area contributed by atoms with Crippen LogP contribution in [0.4, 0.5) is 0 Å². The van der Waals surface area contributed by atoms with Crippen LogP contribution >= 0.6 is 50.2 Å². The maximum Gasteiger partial charge on any atom is 0.0561 e. The first-order chi connectivity index (χ1) is 7.72. The topological polar surface area (TPSA) is 12.0 Å². The van der Waals surface area contributed by atoms with Crippen LogP contribution in [-0.4, -0.2) is 7.05 Å². The fourth-order valence-corrected chi connectivity index (χ4v) is 4.40. The van der Waals surface area contributed by atoms with Gasteiger partial charge in [0.05, 0.1) is 5.02 Å². The Hall–Kier alpha value is 0.130. The highest BCUT2D eigenvalue weighted by Crippen LogP contribution is 2.33. The van der Waals surface area contributed by atoms with Crippen LogP contribution in [0.25, 0.3) is 0 Å². The summed E-state index contributed by atoms with van der Waals surface area (Å²) in [5.41, 5.74) is 0. The van der Waals surface area contributed by atoms with E-state index in [9.17, 15) is 0 Å². The molecule has 1 N–H and O–H groups in total. The summed E-state index contributed by atoms with van der Waals surface area (Å²) < 4.78 is 1.19. The van der Waals surface area contributed by atoms with E-state index in [1.165, 1.54) is 14.2 Å². The smallest absolute Gasteiger partial charge is 0.0561 e. The monoisotopic (exact) mass is 335 g/mol. The number of nitrogens with one attached hydrogen (secondary N) is 1. The van der Waals surface area contributed by atoms with Gasteiger partial charge in [-0.15, -0.1) is 22.7 Å². The van der Waals surface area contributed by atoms with Crippen LogP contribution in [0.3, 0.4) is 0 Å². The lowest BCUT2D eigenvalue weighted by Gasteiger charge is -2.14. The third-order valence-electron chi connectivity index (χ3n) is 2.39. The molecule has 2 aromatic heterocycles. The van der Waals surface area contributed by atoms with E-state index in [0.29, 0.717) is 6.04 Å². The minimum Gasteiger partial charge on any atom is -0.312 e. The fraction of sp³-hybridized carbons (Fsp3) is 0.273. The maximum atomic E-state index is 6.16. The van der Waals surface area contributed by atoms with E-state index in [-0.39, 0.29) is 0 Å². The Kier molecular flexibility index (Phi) is 4.44. The number of likely N-dealkylation sites (N-methyl/N-ethyl adjacent to an activating group) is 1. The van der Waals surface area contributed by atoms with Gasteiger partial charge in [0.1, 0.15) is 0 Å². The lowest BCUT2D eigenvalue weighted by Crippen LogP contribution is -2.17. The second-order valence-electron chi connectivity index (χ2n) is 3.37. The van der Waals surface area contributed by atoms with Crippen molar-refractivity contribution in [3.63, 3.8) is 0 Å². The van der Waals surface area contributed by atoms with Crippen LogP contribution in [0.5, 0.6) is 0 Å². The molecular formula is C11H11BrClNS2. The Morgan fingerprint density at radius 1 is 1.38 bits per heavy atom. The Morgan fingerprint density at radius 3 is 2.62 bits per heavy atom. The zero-order valence-electron chi connectivity index (χ0n) is 8.67. The summed E-state index contributed by atoms with van der Waals surface area (Å²) in [5.74, 6) is 0. The first-order valence-corrected chi connectivity index (χ1v) is 7.77.